The normalized spacial score (nSPS) is 13.6. The third-order valence-corrected chi connectivity index (χ3v) is 3.97. The van der Waals surface area contributed by atoms with Crippen LogP contribution in [-0.2, 0) is 24.2 Å². The SMILES string of the molecule is O=C(OCc1ccc(Cl)nc1)c1ccc2c(c1)CCCC2. The van der Waals surface area contributed by atoms with Crippen molar-refractivity contribution in [2.45, 2.75) is 32.3 Å². The molecule has 3 nitrogen and oxygen atoms in total. The Hall–Kier alpha value is -1.87. The Morgan fingerprint density at radius 3 is 2.71 bits per heavy atom. The van der Waals surface area contributed by atoms with E-state index in [4.69, 9.17) is 16.3 Å². The van der Waals surface area contributed by atoms with Gasteiger partial charge in [-0.15, -0.1) is 0 Å². The van der Waals surface area contributed by atoms with Gasteiger partial charge in [-0.2, -0.15) is 0 Å². The molecule has 0 spiro atoms. The first-order valence-electron chi connectivity index (χ1n) is 7.12. The number of nitrogens with zero attached hydrogens (tertiary/aromatic N) is 1. The second-order valence-electron chi connectivity index (χ2n) is 5.26. The molecule has 21 heavy (non-hydrogen) atoms. The van der Waals surface area contributed by atoms with Gasteiger partial charge in [0.05, 0.1) is 5.56 Å². The van der Waals surface area contributed by atoms with Crippen molar-refractivity contribution in [2.75, 3.05) is 0 Å². The van der Waals surface area contributed by atoms with Crippen LogP contribution >= 0.6 is 11.6 Å². The smallest absolute Gasteiger partial charge is 0.338 e. The minimum absolute atomic E-state index is 0.208. The van der Waals surface area contributed by atoms with Crippen LogP contribution in [0.3, 0.4) is 0 Å². The second kappa shape index (κ2) is 6.27. The van der Waals surface area contributed by atoms with Crippen LogP contribution < -0.4 is 0 Å². The molecule has 0 saturated heterocycles. The molecule has 0 N–H and O–H groups in total. The lowest BCUT2D eigenvalue weighted by Gasteiger charge is -2.16. The Morgan fingerprint density at radius 1 is 1.14 bits per heavy atom. The van der Waals surface area contributed by atoms with Gasteiger partial charge in [0.25, 0.3) is 0 Å². The summed E-state index contributed by atoms with van der Waals surface area (Å²) in [6.45, 7) is 0.208. The van der Waals surface area contributed by atoms with Crippen LogP contribution in [0.5, 0.6) is 0 Å². The van der Waals surface area contributed by atoms with E-state index in [1.165, 1.54) is 24.0 Å². The monoisotopic (exact) mass is 301 g/mol. The molecule has 0 amide bonds. The average Bonchev–Trinajstić information content (AvgIpc) is 2.53. The first kappa shape index (κ1) is 14.1. The highest BCUT2D eigenvalue weighted by molar-refractivity contribution is 6.29. The average molecular weight is 302 g/mol. The maximum absolute atomic E-state index is 12.1. The standard InChI is InChI=1S/C17H16ClNO2/c18-16-8-5-12(10-19-16)11-21-17(20)15-7-6-13-3-1-2-4-14(13)9-15/h5-10H,1-4,11H2. The van der Waals surface area contributed by atoms with E-state index in [1.54, 1.807) is 18.3 Å². The van der Waals surface area contributed by atoms with Crippen LogP contribution in [-0.4, -0.2) is 11.0 Å². The topological polar surface area (TPSA) is 39.2 Å². The van der Waals surface area contributed by atoms with Crippen molar-refractivity contribution in [1.29, 1.82) is 0 Å². The van der Waals surface area contributed by atoms with Gasteiger partial charge in [-0.05, 0) is 55.0 Å². The van der Waals surface area contributed by atoms with E-state index in [2.05, 4.69) is 11.1 Å². The van der Waals surface area contributed by atoms with E-state index in [1.807, 2.05) is 12.1 Å². The Kier molecular flexibility index (Phi) is 4.20. The highest BCUT2D eigenvalue weighted by Gasteiger charge is 2.13. The molecule has 1 aromatic carbocycles. The summed E-state index contributed by atoms with van der Waals surface area (Å²) in [7, 11) is 0. The van der Waals surface area contributed by atoms with Crippen molar-refractivity contribution < 1.29 is 9.53 Å². The van der Waals surface area contributed by atoms with E-state index in [0.717, 1.165) is 18.4 Å². The number of aromatic nitrogens is 1. The lowest BCUT2D eigenvalue weighted by atomic mass is 9.90. The molecule has 0 aliphatic heterocycles. The number of carbonyl (C=O) groups is 1. The first-order chi connectivity index (χ1) is 10.2. The zero-order valence-electron chi connectivity index (χ0n) is 11.6. The summed E-state index contributed by atoms with van der Waals surface area (Å²) in [6, 6.07) is 9.36. The molecule has 4 heteroatoms. The lowest BCUT2D eigenvalue weighted by molar-refractivity contribution is 0.0472. The summed E-state index contributed by atoms with van der Waals surface area (Å²) in [5, 5.41) is 0.430. The number of esters is 1. The maximum atomic E-state index is 12.1. The summed E-state index contributed by atoms with van der Waals surface area (Å²) in [5.41, 5.74) is 4.09. The molecule has 0 bridgehead atoms. The summed E-state index contributed by atoms with van der Waals surface area (Å²) in [4.78, 5) is 16.1. The first-order valence-corrected chi connectivity index (χ1v) is 7.49. The van der Waals surface area contributed by atoms with Gasteiger partial charge in [-0.25, -0.2) is 9.78 Å². The van der Waals surface area contributed by atoms with Crippen molar-refractivity contribution in [1.82, 2.24) is 4.98 Å². The van der Waals surface area contributed by atoms with Gasteiger partial charge in [0.2, 0.25) is 0 Å². The van der Waals surface area contributed by atoms with Crippen molar-refractivity contribution in [2.24, 2.45) is 0 Å². The molecule has 1 aliphatic carbocycles. The van der Waals surface area contributed by atoms with Crippen LogP contribution in [0.15, 0.2) is 36.5 Å². The number of rotatable bonds is 3. The van der Waals surface area contributed by atoms with E-state index < -0.39 is 0 Å². The zero-order valence-corrected chi connectivity index (χ0v) is 12.4. The fraction of sp³-hybridized carbons (Fsp3) is 0.294. The van der Waals surface area contributed by atoms with Crippen molar-refractivity contribution in [3.8, 4) is 0 Å². The minimum Gasteiger partial charge on any atom is -0.457 e. The molecular weight excluding hydrogens is 286 g/mol. The van der Waals surface area contributed by atoms with Crippen molar-refractivity contribution in [3.05, 3.63) is 63.9 Å². The largest absolute Gasteiger partial charge is 0.457 e. The molecule has 0 atom stereocenters. The Morgan fingerprint density at radius 2 is 1.95 bits per heavy atom. The molecule has 1 aromatic heterocycles. The van der Waals surface area contributed by atoms with Gasteiger partial charge in [-0.3, -0.25) is 0 Å². The minimum atomic E-state index is -0.293. The second-order valence-corrected chi connectivity index (χ2v) is 5.64. The maximum Gasteiger partial charge on any atom is 0.338 e. The van der Waals surface area contributed by atoms with E-state index in [-0.39, 0.29) is 12.6 Å². The molecule has 0 unspecified atom stereocenters. The van der Waals surface area contributed by atoms with Gasteiger partial charge < -0.3 is 4.74 Å². The summed E-state index contributed by atoms with van der Waals surface area (Å²) >= 11 is 5.72. The molecule has 3 rings (SSSR count). The van der Waals surface area contributed by atoms with Gasteiger partial charge in [0.1, 0.15) is 11.8 Å². The third kappa shape index (κ3) is 3.42. The highest BCUT2D eigenvalue weighted by Crippen LogP contribution is 2.22. The van der Waals surface area contributed by atoms with E-state index >= 15 is 0 Å². The predicted molar refractivity (Wildman–Crippen MR) is 81.5 cm³/mol. The number of aryl methyl sites for hydroxylation is 2. The summed E-state index contributed by atoms with van der Waals surface area (Å²) in [6.07, 6.45) is 6.21. The number of benzene rings is 1. The fourth-order valence-electron chi connectivity index (χ4n) is 2.58. The van der Waals surface area contributed by atoms with Gasteiger partial charge in [0.15, 0.2) is 0 Å². The molecule has 0 saturated carbocycles. The van der Waals surface area contributed by atoms with Crippen LogP contribution in [0.2, 0.25) is 5.15 Å². The summed E-state index contributed by atoms with van der Waals surface area (Å²) < 4.78 is 5.32. The number of fused-ring (bicyclic) bond motifs is 1. The van der Waals surface area contributed by atoms with E-state index in [0.29, 0.717) is 10.7 Å². The molecule has 0 radical (unpaired) electrons. The van der Waals surface area contributed by atoms with Gasteiger partial charge in [-0.1, -0.05) is 23.7 Å². The van der Waals surface area contributed by atoms with Crippen LogP contribution in [0.4, 0.5) is 0 Å². The number of hydrogen-bond donors (Lipinski definition) is 0. The summed E-state index contributed by atoms with van der Waals surface area (Å²) in [5.74, 6) is -0.293. The number of pyridine rings is 1. The van der Waals surface area contributed by atoms with Gasteiger partial charge in [0, 0.05) is 11.8 Å². The molecular formula is C17H16ClNO2. The number of halogens is 1. The third-order valence-electron chi connectivity index (χ3n) is 3.74. The van der Waals surface area contributed by atoms with Crippen LogP contribution in [0, 0.1) is 0 Å². The van der Waals surface area contributed by atoms with Crippen molar-refractivity contribution in [3.63, 3.8) is 0 Å². The predicted octanol–water partition coefficient (Wildman–Crippen LogP) is 3.97. The highest BCUT2D eigenvalue weighted by atomic mass is 35.5. The Balaban J connectivity index is 1.66. The molecule has 1 heterocycles. The van der Waals surface area contributed by atoms with Crippen LogP contribution in [0.25, 0.3) is 0 Å². The number of carbonyl (C=O) groups excluding carboxylic acids is 1. The van der Waals surface area contributed by atoms with E-state index in [9.17, 15) is 4.79 Å². The van der Waals surface area contributed by atoms with Crippen molar-refractivity contribution >= 4 is 17.6 Å². The molecule has 2 aromatic rings. The number of ether oxygens (including phenoxy) is 1. The number of hydrogen-bond acceptors (Lipinski definition) is 3. The zero-order chi connectivity index (χ0) is 14.7. The molecule has 108 valence electrons. The lowest BCUT2D eigenvalue weighted by Crippen LogP contribution is -2.09. The quantitative estimate of drug-likeness (QED) is 0.636. The molecule has 1 aliphatic rings. The van der Waals surface area contributed by atoms with Gasteiger partial charge >= 0.3 is 5.97 Å². The van der Waals surface area contributed by atoms with Crippen LogP contribution in [0.1, 0.15) is 39.9 Å². The molecule has 0 fully saturated rings. The Labute approximate surface area is 128 Å². The Bertz CT molecular complexity index is 652. The fourth-order valence-corrected chi connectivity index (χ4v) is 2.70.